The summed E-state index contributed by atoms with van der Waals surface area (Å²) in [7, 11) is 0. The van der Waals surface area contributed by atoms with Crippen LogP contribution < -0.4 is 16.0 Å². The highest BCUT2D eigenvalue weighted by Gasteiger charge is 2.29. The molecule has 0 spiro atoms. The molecule has 1 aliphatic rings. The fraction of sp³-hybridized carbons (Fsp3) is 0. The van der Waals surface area contributed by atoms with E-state index < -0.39 is 11.3 Å². The molecule has 2 aromatic heterocycles. The van der Waals surface area contributed by atoms with Crippen molar-refractivity contribution in [3.63, 3.8) is 0 Å². The minimum absolute atomic E-state index is 0.254. The van der Waals surface area contributed by atoms with Crippen molar-refractivity contribution in [2.45, 2.75) is 9.79 Å². The zero-order valence-electron chi connectivity index (χ0n) is 12.1. The summed E-state index contributed by atoms with van der Waals surface area (Å²) in [4.78, 5) is 25.0. The maximum atomic E-state index is 12.3. The average Bonchev–Trinajstić information content (AvgIpc) is 2.61. The second-order valence-electron chi connectivity index (χ2n) is 5.29. The van der Waals surface area contributed by atoms with E-state index in [0.29, 0.717) is 33.4 Å². The second kappa shape index (κ2) is 4.75. The normalized spacial score (nSPS) is 12.7. The first-order chi connectivity index (χ1) is 11.7. The predicted octanol–water partition coefficient (Wildman–Crippen LogP) is 4.16. The molecule has 0 fully saturated rings. The number of fused-ring (bicyclic) bond motifs is 6. The van der Waals surface area contributed by atoms with Crippen molar-refractivity contribution in [3.05, 3.63) is 69.4 Å². The molecule has 24 heavy (non-hydrogen) atoms. The summed E-state index contributed by atoms with van der Waals surface area (Å²) in [6, 6.07) is 14.3. The second-order valence-corrected chi connectivity index (χ2v) is 6.31. The van der Waals surface area contributed by atoms with Crippen LogP contribution in [0.25, 0.3) is 21.9 Å². The third-order valence-electron chi connectivity index (χ3n) is 3.86. The monoisotopic (exact) mass is 336 g/mol. The Morgan fingerprint density at radius 2 is 1.12 bits per heavy atom. The van der Waals surface area contributed by atoms with Crippen molar-refractivity contribution in [3.8, 4) is 11.5 Å². The number of benzene rings is 2. The lowest BCUT2D eigenvalue weighted by molar-refractivity contribution is 0.430. The van der Waals surface area contributed by atoms with Crippen molar-refractivity contribution < 1.29 is 13.6 Å². The third-order valence-corrected chi connectivity index (χ3v) is 4.97. The van der Waals surface area contributed by atoms with E-state index in [1.807, 2.05) is 24.3 Å². The summed E-state index contributed by atoms with van der Waals surface area (Å²) in [6.45, 7) is 0. The zero-order chi connectivity index (χ0) is 16.3. The molecule has 0 saturated carbocycles. The zero-order valence-corrected chi connectivity index (χ0v) is 12.9. The fourth-order valence-corrected chi connectivity index (χ4v) is 3.73. The standard InChI is InChI=1S/C18H8O5S/c19-17-15-13(9-5-1-3-7-11(9)21-17)23-14-10-6-2-4-8-12(10)22-18(20)16(14)24-15/h1-8H. The Kier molecular flexibility index (Phi) is 2.66. The highest BCUT2D eigenvalue weighted by molar-refractivity contribution is 7.99. The van der Waals surface area contributed by atoms with Crippen LogP contribution in [0.3, 0.4) is 0 Å². The van der Waals surface area contributed by atoms with Gasteiger partial charge >= 0.3 is 11.3 Å². The first-order valence-electron chi connectivity index (χ1n) is 7.20. The molecule has 0 aliphatic carbocycles. The third kappa shape index (κ3) is 1.77. The van der Waals surface area contributed by atoms with Gasteiger partial charge in [-0.1, -0.05) is 36.0 Å². The van der Waals surface area contributed by atoms with E-state index in [2.05, 4.69) is 0 Å². The molecule has 0 N–H and O–H groups in total. The summed E-state index contributed by atoms with van der Waals surface area (Å²) < 4.78 is 16.7. The van der Waals surface area contributed by atoms with Gasteiger partial charge in [0.1, 0.15) is 21.0 Å². The van der Waals surface area contributed by atoms with Crippen molar-refractivity contribution in [2.75, 3.05) is 0 Å². The van der Waals surface area contributed by atoms with E-state index >= 15 is 0 Å². The molecule has 0 atom stereocenters. The Labute approximate surface area is 138 Å². The lowest BCUT2D eigenvalue weighted by Crippen LogP contribution is -2.13. The summed E-state index contributed by atoms with van der Waals surface area (Å²) in [5.41, 5.74) is -0.186. The van der Waals surface area contributed by atoms with Gasteiger partial charge in [-0.15, -0.1) is 0 Å². The number of rotatable bonds is 0. The van der Waals surface area contributed by atoms with Crippen LogP contribution in [-0.4, -0.2) is 0 Å². The molecular weight excluding hydrogens is 328 g/mol. The summed E-state index contributed by atoms with van der Waals surface area (Å²) >= 11 is 1.03. The van der Waals surface area contributed by atoms with Gasteiger partial charge in [0.05, 0.1) is 10.8 Å². The SMILES string of the molecule is O=c1oc2ccccc2c2c1Sc1c(c3ccccc3oc1=O)O2. The molecule has 0 radical (unpaired) electrons. The van der Waals surface area contributed by atoms with Crippen LogP contribution in [-0.2, 0) is 0 Å². The maximum absolute atomic E-state index is 12.3. The van der Waals surface area contributed by atoms with Crippen LogP contribution in [0.15, 0.2) is 76.7 Å². The number of ether oxygens (including phenoxy) is 1. The van der Waals surface area contributed by atoms with Gasteiger partial charge in [-0.3, -0.25) is 0 Å². The van der Waals surface area contributed by atoms with Gasteiger partial charge in [0.2, 0.25) is 0 Å². The molecule has 4 aromatic rings. The Bertz CT molecular complexity index is 1150. The molecule has 5 nitrogen and oxygen atoms in total. The molecule has 2 aromatic carbocycles. The summed E-state index contributed by atoms with van der Waals surface area (Å²) in [5, 5.41) is 1.37. The molecule has 0 unspecified atom stereocenters. The first kappa shape index (κ1) is 13.4. The van der Waals surface area contributed by atoms with Gasteiger partial charge in [0.25, 0.3) is 0 Å². The van der Waals surface area contributed by atoms with E-state index in [1.165, 1.54) is 0 Å². The molecular formula is C18H8O5S. The summed E-state index contributed by atoms with van der Waals surface area (Å²) in [6.07, 6.45) is 0. The van der Waals surface area contributed by atoms with Crippen LogP contribution in [0.1, 0.15) is 0 Å². The number of hydrogen-bond acceptors (Lipinski definition) is 6. The van der Waals surface area contributed by atoms with Crippen molar-refractivity contribution in [1.82, 2.24) is 0 Å². The Morgan fingerprint density at radius 1 is 0.667 bits per heavy atom. The van der Waals surface area contributed by atoms with Gasteiger partial charge in [0, 0.05) is 0 Å². The van der Waals surface area contributed by atoms with Crippen LogP contribution in [0, 0.1) is 0 Å². The molecule has 5 rings (SSSR count). The van der Waals surface area contributed by atoms with Crippen molar-refractivity contribution in [1.29, 1.82) is 0 Å². The number of hydrogen-bond donors (Lipinski definition) is 0. The van der Waals surface area contributed by atoms with Gasteiger partial charge in [-0.05, 0) is 24.3 Å². The smallest absolute Gasteiger partial charge is 0.354 e. The molecule has 3 heterocycles. The Morgan fingerprint density at radius 3 is 1.62 bits per heavy atom. The molecule has 0 saturated heterocycles. The fourth-order valence-electron chi connectivity index (χ4n) is 2.79. The average molecular weight is 336 g/mol. The Balaban J connectivity index is 1.89. The van der Waals surface area contributed by atoms with Crippen LogP contribution in [0.5, 0.6) is 11.5 Å². The quantitative estimate of drug-likeness (QED) is 0.396. The van der Waals surface area contributed by atoms with Crippen LogP contribution >= 0.6 is 11.8 Å². The van der Waals surface area contributed by atoms with E-state index in [-0.39, 0.29) is 9.79 Å². The molecule has 1 aliphatic heterocycles. The highest BCUT2D eigenvalue weighted by Crippen LogP contribution is 2.49. The minimum Gasteiger partial charge on any atom is -0.453 e. The van der Waals surface area contributed by atoms with Crippen molar-refractivity contribution in [2.24, 2.45) is 0 Å². The summed E-state index contributed by atoms with van der Waals surface area (Å²) in [5.74, 6) is 0.824. The molecule has 0 bridgehead atoms. The topological polar surface area (TPSA) is 69.7 Å². The molecule has 116 valence electrons. The van der Waals surface area contributed by atoms with Gasteiger partial charge in [0.15, 0.2) is 11.5 Å². The van der Waals surface area contributed by atoms with E-state index in [9.17, 15) is 9.59 Å². The van der Waals surface area contributed by atoms with Crippen LogP contribution in [0.2, 0.25) is 0 Å². The highest BCUT2D eigenvalue weighted by atomic mass is 32.2. The molecule has 6 heteroatoms. The minimum atomic E-state index is -0.535. The lowest BCUT2D eigenvalue weighted by Gasteiger charge is -2.19. The number of para-hydroxylation sites is 2. The first-order valence-corrected chi connectivity index (χ1v) is 8.01. The maximum Gasteiger partial charge on any atom is 0.354 e. The van der Waals surface area contributed by atoms with Gasteiger partial charge < -0.3 is 13.6 Å². The van der Waals surface area contributed by atoms with E-state index in [0.717, 1.165) is 11.8 Å². The molecule has 0 amide bonds. The van der Waals surface area contributed by atoms with Crippen molar-refractivity contribution >= 4 is 33.7 Å². The van der Waals surface area contributed by atoms with Gasteiger partial charge in [-0.25, -0.2) is 9.59 Å². The van der Waals surface area contributed by atoms with E-state index in [1.54, 1.807) is 24.3 Å². The lowest BCUT2D eigenvalue weighted by atomic mass is 10.2. The Hall–Kier alpha value is -2.99. The largest absolute Gasteiger partial charge is 0.453 e. The van der Waals surface area contributed by atoms with Gasteiger partial charge in [-0.2, -0.15) is 0 Å². The predicted molar refractivity (Wildman–Crippen MR) is 89.2 cm³/mol. The van der Waals surface area contributed by atoms with E-state index in [4.69, 9.17) is 13.6 Å². The van der Waals surface area contributed by atoms with Crippen LogP contribution in [0.4, 0.5) is 0 Å².